The van der Waals surface area contributed by atoms with Crippen LogP contribution in [0.25, 0.3) is 0 Å². The number of hydrogen-bond donors (Lipinski definition) is 0. The molecule has 0 bridgehead atoms. The highest BCUT2D eigenvalue weighted by atomic mass is 16.5. The van der Waals surface area contributed by atoms with Crippen LogP contribution in [0.1, 0.15) is 30.5 Å². The molecule has 2 fully saturated rings. The molecule has 1 saturated heterocycles. The van der Waals surface area contributed by atoms with Crippen LogP contribution < -0.4 is 4.90 Å². The lowest BCUT2D eigenvalue weighted by Crippen LogP contribution is -2.55. The van der Waals surface area contributed by atoms with Crippen molar-refractivity contribution in [2.45, 2.75) is 38.3 Å². The molecular formula is C22H35N5O2. The summed E-state index contributed by atoms with van der Waals surface area (Å²) in [5.74, 6) is 1.28. The average molecular weight is 402 g/mol. The fourth-order valence-corrected chi connectivity index (χ4v) is 4.53. The van der Waals surface area contributed by atoms with E-state index in [9.17, 15) is 4.79 Å². The van der Waals surface area contributed by atoms with Crippen molar-refractivity contribution in [2.75, 3.05) is 71.5 Å². The van der Waals surface area contributed by atoms with Gasteiger partial charge in [-0.1, -0.05) is 12.5 Å². The Bertz CT molecular complexity index is 700. The molecule has 7 heteroatoms. The van der Waals surface area contributed by atoms with E-state index in [0.717, 1.165) is 64.1 Å². The van der Waals surface area contributed by atoms with Crippen LogP contribution in [0.15, 0.2) is 12.1 Å². The van der Waals surface area contributed by atoms with Gasteiger partial charge in [0.2, 0.25) is 5.91 Å². The van der Waals surface area contributed by atoms with E-state index in [1.54, 1.807) is 7.11 Å². The molecule has 1 saturated carbocycles. The van der Waals surface area contributed by atoms with Crippen LogP contribution in [0.3, 0.4) is 0 Å². The Labute approximate surface area is 174 Å². The maximum Gasteiger partial charge on any atom is 0.236 e. The van der Waals surface area contributed by atoms with Crippen LogP contribution in [0.5, 0.6) is 0 Å². The van der Waals surface area contributed by atoms with E-state index in [1.165, 1.54) is 30.5 Å². The smallest absolute Gasteiger partial charge is 0.236 e. The summed E-state index contributed by atoms with van der Waals surface area (Å²) in [5.41, 5.74) is 2.42. The largest absolute Gasteiger partial charge is 0.383 e. The highest BCUT2D eigenvalue weighted by molar-refractivity contribution is 5.78. The molecule has 1 aliphatic carbocycles. The molecule has 160 valence electrons. The molecule has 7 nitrogen and oxygen atoms in total. The predicted molar refractivity (Wildman–Crippen MR) is 114 cm³/mol. The van der Waals surface area contributed by atoms with Gasteiger partial charge in [0.1, 0.15) is 5.82 Å². The molecule has 0 unspecified atom stereocenters. The van der Waals surface area contributed by atoms with Gasteiger partial charge in [0.05, 0.1) is 13.2 Å². The Balaban J connectivity index is 1.27. The Morgan fingerprint density at radius 3 is 2.69 bits per heavy atom. The number of ether oxygens (including phenoxy) is 1. The molecule has 2 aliphatic heterocycles. The van der Waals surface area contributed by atoms with Crippen LogP contribution in [0.2, 0.25) is 0 Å². The number of amides is 1. The number of anilines is 1. The minimum Gasteiger partial charge on any atom is -0.383 e. The Hall–Kier alpha value is -1.70. The molecule has 29 heavy (non-hydrogen) atoms. The van der Waals surface area contributed by atoms with E-state index >= 15 is 0 Å². The normalized spacial score (nSPS) is 21.0. The summed E-state index contributed by atoms with van der Waals surface area (Å²) in [6.45, 7) is 7.63. The number of methoxy groups -OCH3 is 1. The van der Waals surface area contributed by atoms with Crippen LogP contribution in [-0.2, 0) is 22.5 Å². The van der Waals surface area contributed by atoms with Gasteiger partial charge in [-0.2, -0.15) is 0 Å². The number of carbonyl (C=O) groups is 1. The number of fused-ring (bicyclic) bond motifs is 1. The first kappa shape index (κ1) is 20.6. The van der Waals surface area contributed by atoms with Crippen LogP contribution in [-0.4, -0.2) is 98.2 Å². The van der Waals surface area contributed by atoms with Crippen molar-refractivity contribution in [3.63, 3.8) is 0 Å². The molecule has 1 amide bonds. The van der Waals surface area contributed by atoms with Gasteiger partial charge in [-0.15, -0.1) is 0 Å². The first-order valence-electron chi connectivity index (χ1n) is 11.1. The third-order valence-electron chi connectivity index (χ3n) is 6.75. The first-order chi connectivity index (χ1) is 14.1. The lowest BCUT2D eigenvalue weighted by molar-refractivity contribution is -0.135. The second-order valence-electron chi connectivity index (χ2n) is 8.65. The quantitative estimate of drug-likeness (QED) is 0.685. The number of likely N-dealkylation sites (N-methyl/N-ethyl adjacent to an activating group) is 1. The van der Waals surface area contributed by atoms with Crippen molar-refractivity contribution >= 4 is 11.7 Å². The molecule has 3 aliphatic rings. The Kier molecular flexibility index (Phi) is 6.67. The molecule has 0 radical (unpaired) electrons. The van der Waals surface area contributed by atoms with E-state index in [2.05, 4.69) is 31.7 Å². The molecule has 0 N–H and O–H groups in total. The van der Waals surface area contributed by atoms with Crippen molar-refractivity contribution in [3.8, 4) is 0 Å². The lowest BCUT2D eigenvalue weighted by Gasteiger charge is -2.43. The zero-order chi connectivity index (χ0) is 20.2. The summed E-state index contributed by atoms with van der Waals surface area (Å²) in [4.78, 5) is 26.7. The van der Waals surface area contributed by atoms with Gasteiger partial charge in [-0.3, -0.25) is 14.6 Å². The van der Waals surface area contributed by atoms with Crippen molar-refractivity contribution in [1.29, 1.82) is 0 Å². The van der Waals surface area contributed by atoms with Gasteiger partial charge < -0.3 is 14.5 Å². The van der Waals surface area contributed by atoms with Crippen molar-refractivity contribution in [1.82, 2.24) is 19.7 Å². The standard InChI is InChI=1S/C22H35N5O2/c1-24(14-15-29-2)21-7-6-18-16-25(9-8-20(18)23-21)17-22(28)27-12-10-26(11-13-27)19-4-3-5-19/h6-7,19H,3-5,8-17H2,1-2H3. The van der Waals surface area contributed by atoms with Gasteiger partial charge in [0.25, 0.3) is 0 Å². The van der Waals surface area contributed by atoms with E-state index in [4.69, 9.17) is 9.72 Å². The summed E-state index contributed by atoms with van der Waals surface area (Å²) in [6, 6.07) is 5.05. The summed E-state index contributed by atoms with van der Waals surface area (Å²) in [6.07, 6.45) is 4.97. The Morgan fingerprint density at radius 2 is 2.00 bits per heavy atom. The number of pyridine rings is 1. The topological polar surface area (TPSA) is 52.2 Å². The lowest BCUT2D eigenvalue weighted by atomic mass is 9.91. The van der Waals surface area contributed by atoms with E-state index < -0.39 is 0 Å². The van der Waals surface area contributed by atoms with E-state index in [1.807, 2.05) is 7.05 Å². The molecule has 0 spiro atoms. The second kappa shape index (κ2) is 9.41. The van der Waals surface area contributed by atoms with E-state index in [0.29, 0.717) is 13.2 Å². The van der Waals surface area contributed by atoms with Gasteiger partial charge in [-0.05, 0) is 24.5 Å². The zero-order valence-corrected chi connectivity index (χ0v) is 18.0. The minimum atomic E-state index is 0.283. The number of rotatable bonds is 7. The van der Waals surface area contributed by atoms with Gasteiger partial charge >= 0.3 is 0 Å². The van der Waals surface area contributed by atoms with Gasteiger partial charge in [0, 0.05) is 78.1 Å². The highest BCUT2D eigenvalue weighted by Gasteiger charge is 2.30. The monoisotopic (exact) mass is 401 g/mol. The summed E-state index contributed by atoms with van der Waals surface area (Å²) < 4.78 is 5.16. The number of aromatic nitrogens is 1. The highest BCUT2D eigenvalue weighted by Crippen LogP contribution is 2.26. The van der Waals surface area contributed by atoms with Crippen LogP contribution >= 0.6 is 0 Å². The number of hydrogen-bond acceptors (Lipinski definition) is 6. The molecule has 1 aromatic rings. The zero-order valence-electron chi connectivity index (χ0n) is 18.0. The number of carbonyl (C=O) groups excluding carboxylic acids is 1. The third kappa shape index (κ3) is 4.90. The fourth-order valence-electron chi connectivity index (χ4n) is 4.53. The average Bonchev–Trinajstić information content (AvgIpc) is 2.71. The molecule has 3 heterocycles. The molecule has 0 atom stereocenters. The maximum absolute atomic E-state index is 12.8. The van der Waals surface area contributed by atoms with E-state index in [-0.39, 0.29) is 5.91 Å². The number of piperazine rings is 1. The van der Waals surface area contributed by atoms with Crippen molar-refractivity contribution < 1.29 is 9.53 Å². The Morgan fingerprint density at radius 1 is 1.21 bits per heavy atom. The van der Waals surface area contributed by atoms with Gasteiger partial charge in [0.15, 0.2) is 0 Å². The maximum atomic E-state index is 12.8. The molecular weight excluding hydrogens is 366 g/mol. The summed E-state index contributed by atoms with van der Waals surface area (Å²) in [7, 11) is 3.77. The molecule has 1 aromatic heterocycles. The second-order valence-corrected chi connectivity index (χ2v) is 8.65. The SMILES string of the molecule is COCCN(C)c1ccc2c(n1)CCN(CC(=O)N1CCN(C3CCC3)CC1)C2. The van der Waals surface area contributed by atoms with Crippen LogP contribution in [0.4, 0.5) is 5.82 Å². The summed E-state index contributed by atoms with van der Waals surface area (Å²) >= 11 is 0. The minimum absolute atomic E-state index is 0.283. The summed E-state index contributed by atoms with van der Waals surface area (Å²) in [5, 5.41) is 0. The van der Waals surface area contributed by atoms with Crippen molar-refractivity contribution in [2.24, 2.45) is 0 Å². The first-order valence-corrected chi connectivity index (χ1v) is 11.1. The molecule has 0 aromatic carbocycles. The molecule has 4 rings (SSSR count). The third-order valence-corrected chi connectivity index (χ3v) is 6.75. The van der Waals surface area contributed by atoms with Gasteiger partial charge in [-0.25, -0.2) is 4.98 Å². The number of nitrogens with zero attached hydrogens (tertiary/aromatic N) is 5. The predicted octanol–water partition coefficient (Wildman–Crippen LogP) is 1.22. The van der Waals surface area contributed by atoms with Crippen LogP contribution in [0, 0.1) is 0 Å². The van der Waals surface area contributed by atoms with Crippen molar-refractivity contribution in [3.05, 3.63) is 23.4 Å². The fraction of sp³-hybridized carbons (Fsp3) is 0.727.